The Hall–Kier alpha value is -0.373. The van der Waals surface area contributed by atoms with Gasteiger partial charge in [0, 0.05) is 0 Å². The number of hydrogen-bond acceptors (Lipinski definition) is 0. The van der Waals surface area contributed by atoms with E-state index >= 15 is 0 Å². The Labute approximate surface area is 70.0 Å². The second-order valence-electron chi connectivity index (χ2n) is 2.89. The first-order valence-electron chi connectivity index (χ1n) is 4.09. The van der Waals surface area contributed by atoms with E-state index in [-0.39, 0.29) is 0 Å². The standard InChI is InChI=1S/C9H17FSi/c1-4-7-11(10,8-5-2)9-6-3/h4-5H,1-2,6-9H2,3H3. The summed E-state index contributed by atoms with van der Waals surface area (Å²) in [5, 5.41) is 0. The van der Waals surface area contributed by atoms with Crippen LogP contribution in [0, 0.1) is 0 Å². The van der Waals surface area contributed by atoms with Crippen molar-refractivity contribution in [3.63, 3.8) is 0 Å². The zero-order valence-corrected chi connectivity index (χ0v) is 8.28. The van der Waals surface area contributed by atoms with Gasteiger partial charge in [-0.1, -0.05) is 25.5 Å². The first-order valence-corrected chi connectivity index (χ1v) is 6.59. The van der Waals surface area contributed by atoms with Gasteiger partial charge >= 0.3 is 0 Å². The minimum absolute atomic E-state index is 0.576. The van der Waals surface area contributed by atoms with E-state index in [2.05, 4.69) is 13.2 Å². The van der Waals surface area contributed by atoms with Crippen LogP contribution >= 0.6 is 0 Å². The number of halogens is 1. The summed E-state index contributed by atoms with van der Waals surface area (Å²) >= 11 is 0. The molecule has 0 saturated carbocycles. The molecular formula is C9H17FSi. The minimum atomic E-state index is -2.49. The van der Waals surface area contributed by atoms with E-state index in [1.165, 1.54) is 0 Å². The van der Waals surface area contributed by atoms with Crippen LogP contribution in [0.2, 0.25) is 18.1 Å². The lowest BCUT2D eigenvalue weighted by Crippen LogP contribution is -2.25. The monoisotopic (exact) mass is 172 g/mol. The molecule has 0 aliphatic heterocycles. The highest BCUT2D eigenvalue weighted by atomic mass is 28.4. The molecule has 0 aromatic carbocycles. The average Bonchev–Trinajstić information content (AvgIpc) is 1.88. The van der Waals surface area contributed by atoms with Crippen molar-refractivity contribution in [1.29, 1.82) is 0 Å². The van der Waals surface area contributed by atoms with Crippen LogP contribution < -0.4 is 0 Å². The van der Waals surface area contributed by atoms with E-state index in [9.17, 15) is 4.11 Å². The van der Waals surface area contributed by atoms with E-state index in [4.69, 9.17) is 0 Å². The molecule has 0 atom stereocenters. The first kappa shape index (κ1) is 10.6. The summed E-state index contributed by atoms with van der Waals surface area (Å²) in [5.41, 5.74) is 0. The van der Waals surface area contributed by atoms with Crippen molar-refractivity contribution in [1.82, 2.24) is 0 Å². The predicted octanol–water partition coefficient (Wildman–Crippen LogP) is 3.68. The third kappa shape index (κ3) is 4.14. The Morgan fingerprint density at radius 1 is 1.27 bits per heavy atom. The lowest BCUT2D eigenvalue weighted by atomic mass is 10.6. The van der Waals surface area contributed by atoms with Crippen molar-refractivity contribution < 1.29 is 4.11 Å². The molecule has 11 heavy (non-hydrogen) atoms. The predicted molar refractivity (Wildman–Crippen MR) is 52.0 cm³/mol. The molecule has 0 heterocycles. The summed E-state index contributed by atoms with van der Waals surface area (Å²) in [5.74, 6) is 0. The molecule has 0 nitrogen and oxygen atoms in total. The van der Waals surface area contributed by atoms with Gasteiger partial charge in [0.15, 0.2) is 0 Å². The van der Waals surface area contributed by atoms with Crippen molar-refractivity contribution >= 4 is 8.41 Å². The highest BCUT2D eigenvalue weighted by molar-refractivity contribution is 6.74. The van der Waals surface area contributed by atoms with Crippen molar-refractivity contribution in [2.45, 2.75) is 31.5 Å². The van der Waals surface area contributed by atoms with E-state index in [0.29, 0.717) is 12.1 Å². The highest BCUT2D eigenvalue weighted by Gasteiger charge is 2.29. The molecule has 0 saturated heterocycles. The van der Waals surface area contributed by atoms with Crippen LogP contribution in [0.25, 0.3) is 0 Å². The summed E-state index contributed by atoms with van der Waals surface area (Å²) < 4.78 is 13.8. The van der Waals surface area contributed by atoms with Gasteiger partial charge in [0.2, 0.25) is 0 Å². The second kappa shape index (κ2) is 5.30. The van der Waals surface area contributed by atoms with Crippen LogP contribution in [0.5, 0.6) is 0 Å². The smallest absolute Gasteiger partial charge is 0.254 e. The molecule has 0 amide bonds. The topological polar surface area (TPSA) is 0 Å². The molecule has 0 bridgehead atoms. The molecule has 0 aromatic heterocycles. The van der Waals surface area contributed by atoms with Gasteiger partial charge in [0.25, 0.3) is 8.41 Å². The lowest BCUT2D eigenvalue weighted by molar-refractivity contribution is 0.752. The normalized spacial score (nSPS) is 11.1. The van der Waals surface area contributed by atoms with Crippen LogP contribution in [0.3, 0.4) is 0 Å². The maximum absolute atomic E-state index is 13.8. The molecule has 0 aliphatic carbocycles. The van der Waals surface area contributed by atoms with Crippen LogP contribution in [0.1, 0.15) is 13.3 Å². The SMILES string of the molecule is C=CC[Si](F)(CC=C)CCC. The Morgan fingerprint density at radius 3 is 2.00 bits per heavy atom. The molecule has 64 valence electrons. The van der Waals surface area contributed by atoms with E-state index in [0.717, 1.165) is 12.5 Å². The van der Waals surface area contributed by atoms with Gasteiger partial charge in [-0.15, -0.1) is 13.2 Å². The highest BCUT2D eigenvalue weighted by Crippen LogP contribution is 2.24. The number of rotatable bonds is 6. The summed E-state index contributed by atoms with van der Waals surface area (Å²) in [4.78, 5) is 0. The second-order valence-corrected chi connectivity index (χ2v) is 6.50. The summed E-state index contributed by atoms with van der Waals surface area (Å²) in [7, 11) is -2.49. The summed E-state index contributed by atoms with van der Waals surface area (Å²) in [6.45, 7) is 9.16. The average molecular weight is 172 g/mol. The van der Waals surface area contributed by atoms with Crippen molar-refractivity contribution in [3.05, 3.63) is 25.3 Å². The Balaban J connectivity index is 3.98. The molecule has 0 aliphatic rings. The van der Waals surface area contributed by atoms with Crippen LogP contribution in [0.4, 0.5) is 4.11 Å². The molecule has 0 radical (unpaired) electrons. The van der Waals surface area contributed by atoms with Crippen LogP contribution in [0.15, 0.2) is 25.3 Å². The third-order valence-electron chi connectivity index (χ3n) is 1.72. The van der Waals surface area contributed by atoms with Gasteiger partial charge in [-0.25, -0.2) is 0 Å². The quantitative estimate of drug-likeness (QED) is 0.326. The molecule has 0 N–H and O–H groups in total. The molecule has 0 unspecified atom stereocenters. The van der Waals surface area contributed by atoms with Gasteiger partial charge in [-0.3, -0.25) is 0 Å². The van der Waals surface area contributed by atoms with Gasteiger partial charge in [0.1, 0.15) is 0 Å². The fraction of sp³-hybridized carbons (Fsp3) is 0.556. The van der Waals surface area contributed by atoms with E-state index in [1.807, 2.05) is 6.92 Å². The molecule has 0 aromatic rings. The maximum Gasteiger partial charge on any atom is 0.254 e. The molecule has 0 spiro atoms. The zero-order valence-electron chi connectivity index (χ0n) is 7.28. The lowest BCUT2D eigenvalue weighted by Gasteiger charge is -2.17. The Kier molecular flexibility index (Phi) is 5.12. The first-order chi connectivity index (χ1) is 5.18. The molecule has 0 rings (SSSR count). The molecule has 0 fully saturated rings. The molecule has 2 heteroatoms. The summed E-state index contributed by atoms with van der Waals surface area (Å²) in [6.07, 6.45) is 4.33. The molecular weight excluding hydrogens is 155 g/mol. The van der Waals surface area contributed by atoms with Gasteiger partial charge in [-0.05, 0) is 18.1 Å². The Morgan fingerprint density at radius 2 is 1.73 bits per heavy atom. The van der Waals surface area contributed by atoms with E-state index < -0.39 is 8.41 Å². The van der Waals surface area contributed by atoms with Crippen LogP contribution in [-0.2, 0) is 0 Å². The largest absolute Gasteiger partial charge is 0.313 e. The Bertz CT molecular complexity index is 122. The van der Waals surface area contributed by atoms with Crippen LogP contribution in [-0.4, -0.2) is 8.41 Å². The minimum Gasteiger partial charge on any atom is -0.313 e. The fourth-order valence-corrected chi connectivity index (χ4v) is 3.76. The zero-order chi connectivity index (χ0) is 8.74. The van der Waals surface area contributed by atoms with E-state index in [1.54, 1.807) is 12.2 Å². The number of allylic oxidation sites excluding steroid dienone is 2. The maximum atomic E-state index is 13.8. The fourth-order valence-electron chi connectivity index (χ4n) is 1.25. The third-order valence-corrected chi connectivity index (χ3v) is 5.16. The van der Waals surface area contributed by atoms with Gasteiger partial charge < -0.3 is 4.11 Å². The van der Waals surface area contributed by atoms with Gasteiger partial charge in [0.05, 0.1) is 0 Å². The van der Waals surface area contributed by atoms with Crippen molar-refractivity contribution in [3.8, 4) is 0 Å². The van der Waals surface area contributed by atoms with Crippen molar-refractivity contribution in [2.75, 3.05) is 0 Å². The van der Waals surface area contributed by atoms with Gasteiger partial charge in [-0.2, -0.15) is 0 Å². The summed E-state index contributed by atoms with van der Waals surface area (Å²) in [6, 6.07) is 1.89. The van der Waals surface area contributed by atoms with Crippen molar-refractivity contribution in [2.24, 2.45) is 0 Å². The number of hydrogen-bond donors (Lipinski definition) is 0.